The number of benzene rings is 1. The predicted molar refractivity (Wildman–Crippen MR) is 145 cm³/mol. The van der Waals surface area contributed by atoms with E-state index in [1.54, 1.807) is 14.2 Å². The lowest BCUT2D eigenvalue weighted by Crippen LogP contribution is -2.30. The number of aromatic nitrogens is 3. The first kappa shape index (κ1) is 23.8. The van der Waals surface area contributed by atoms with Gasteiger partial charge < -0.3 is 24.3 Å². The van der Waals surface area contributed by atoms with Crippen molar-refractivity contribution in [1.82, 2.24) is 19.9 Å². The van der Waals surface area contributed by atoms with Gasteiger partial charge in [-0.1, -0.05) is 6.07 Å². The molecule has 1 aliphatic rings. The lowest BCUT2D eigenvalue weighted by atomic mass is 9.96. The minimum absolute atomic E-state index is 0.172. The second-order valence-electron chi connectivity index (χ2n) is 8.89. The summed E-state index contributed by atoms with van der Waals surface area (Å²) in [5.74, 6) is 2.33. The van der Waals surface area contributed by atoms with E-state index in [0.717, 1.165) is 45.5 Å². The summed E-state index contributed by atoms with van der Waals surface area (Å²) in [4.78, 5) is 11.4. The van der Waals surface area contributed by atoms with Crippen LogP contribution in [0.25, 0.3) is 5.82 Å². The SMILES string of the molecule is COc1ccc(OC)c(N2C(=S)NC(c3ccccn3)C2c2cc(C)n(-c3cc(C)ccn3)c2C)c1. The Morgan fingerprint density at radius 3 is 2.44 bits per heavy atom. The number of hydrogen-bond donors (Lipinski definition) is 1. The molecule has 1 aliphatic heterocycles. The molecule has 0 bridgehead atoms. The van der Waals surface area contributed by atoms with Gasteiger partial charge in [-0.05, 0) is 86.6 Å². The Morgan fingerprint density at radius 2 is 1.75 bits per heavy atom. The van der Waals surface area contributed by atoms with Crippen molar-refractivity contribution in [2.75, 3.05) is 19.1 Å². The number of nitrogens with one attached hydrogen (secondary N) is 1. The second kappa shape index (κ2) is 9.62. The molecule has 8 heteroatoms. The fourth-order valence-electron chi connectivity index (χ4n) is 5.00. The van der Waals surface area contributed by atoms with Crippen molar-refractivity contribution >= 4 is 23.0 Å². The van der Waals surface area contributed by atoms with Crippen LogP contribution in [0.2, 0.25) is 0 Å². The summed E-state index contributed by atoms with van der Waals surface area (Å²) in [7, 11) is 3.32. The van der Waals surface area contributed by atoms with E-state index in [1.165, 1.54) is 0 Å². The Balaban J connectivity index is 1.72. The highest BCUT2D eigenvalue weighted by Gasteiger charge is 2.43. The molecule has 0 saturated carbocycles. The zero-order valence-corrected chi connectivity index (χ0v) is 21.8. The highest BCUT2D eigenvalue weighted by molar-refractivity contribution is 7.80. The molecule has 184 valence electrons. The van der Waals surface area contributed by atoms with Crippen LogP contribution < -0.4 is 19.7 Å². The summed E-state index contributed by atoms with van der Waals surface area (Å²) < 4.78 is 13.5. The fraction of sp³-hybridized carbons (Fsp3) is 0.250. The van der Waals surface area contributed by atoms with Crippen LogP contribution in [0, 0.1) is 20.8 Å². The molecule has 0 spiro atoms. The van der Waals surface area contributed by atoms with Gasteiger partial charge in [-0.15, -0.1) is 0 Å². The molecule has 1 aromatic carbocycles. The smallest absolute Gasteiger partial charge is 0.174 e. The third-order valence-corrected chi connectivity index (χ3v) is 6.98. The maximum Gasteiger partial charge on any atom is 0.174 e. The number of hydrogen-bond acceptors (Lipinski definition) is 5. The van der Waals surface area contributed by atoms with Gasteiger partial charge in [0.1, 0.15) is 17.3 Å². The Morgan fingerprint density at radius 1 is 0.917 bits per heavy atom. The molecular weight excluding hydrogens is 470 g/mol. The van der Waals surface area contributed by atoms with Gasteiger partial charge in [0.25, 0.3) is 0 Å². The molecule has 3 aromatic heterocycles. The lowest BCUT2D eigenvalue weighted by molar-refractivity contribution is 0.403. The second-order valence-corrected chi connectivity index (χ2v) is 9.27. The van der Waals surface area contributed by atoms with E-state index >= 15 is 0 Å². The summed E-state index contributed by atoms with van der Waals surface area (Å²) in [6.07, 6.45) is 3.66. The molecule has 1 N–H and O–H groups in total. The third-order valence-electron chi connectivity index (χ3n) is 6.66. The first-order valence-corrected chi connectivity index (χ1v) is 12.2. The van der Waals surface area contributed by atoms with Crippen LogP contribution in [-0.2, 0) is 0 Å². The highest BCUT2D eigenvalue weighted by atomic mass is 32.1. The van der Waals surface area contributed by atoms with Crippen LogP contribution in [-0.4, -0.2) is 33.9 Å². The molecule has 4 aromatic rings. The highest BCUT2D eigenvalue weighted by Crippen LogP contribution is 2.47. The van der Waals surface area contributed by atoms with E-state index in [1.807, 2.05) is 54.9 Å². The van der Waals surface area contributed by atoms with E-state index in [0.29, 0.717) is 10.9 Å². The third kappa shape index (κ3) is 4.07. The van der Waals surface area contributed by atoms with E-state index in [-0.39, 0.29) is 12.1 Å². The normalized spacial score (nSPS) is 17.2. The molecule has 1 saturated heterocycles. The van der Waals surface area contributed by atoms with Gasteiger partial charge in [0.2, 0.25) is 0 Å². The van der Waals surface area contributed by atoms with Crippen molar-refractivity contribution in [3.05, 3.63) is 95.2 Å². The van der Waals surface area contributed by atoms with E-state index < -0.39 is 0 Å². The van der Waals surface area contributed by atoms with Gasteiger partial charge in [0.15, 0.2) is 5.11 Å². The van der Waals surface area contributed by atoms with Gasteiger partial charge in [-0.25, -0.2) is 4.98 Å². The average molecular weight is 500 g/mol. The number of rotatable bonds is 6. The molecule has 2 atom stereocenters. The largest absolute Gasteiger partial charge is 0.497 e. The number of ether oxygens (including phenoxy) is 2. The van der Waals surface area contributed by atoms with Crippen LogP contribution in [0.15, 0.2) is 67.0 Å². The van der Waals surface area contributed by atoms with Gasteiger partial charge in [0, 0.05) is 29.8 Å². The molecule has 1 fully saturated rings. The van der Waals surface area contributed by atoms with Crippen LogP contribution in [0.4, 0.5) is 5.69 Å². The lowest BCUT2D eigenvalue weighted by Gasteiger charge is -2.29. The Labute approximate surface area is 216 Å². The number of aryl methyl sites for hydroxylation is 2. The summed E-state index contributed by atoms with van der Waals surface area (Å²) in [5.41, 5.74) is 6.21. The molecule has 0 aliphatic carbocycles. The van der Waals surface area contributed by atoms with Gasteiger partial charge in [-0.3, -0.25) is 4.98 Å². The number of anilines is 1. The van der Waals surface area contributed by atoms with Crippen LogP contribution in [0.5, 0.6) is 11.5 Å². The molecule has 5 rings (SSSR count). The Bertz CT molecular complexity index is 1420. The standard InChI is InChI=1S/C28H29N5O2S/c1-17-11-13-30-25(14-17)32-18(2)15-21(19(32)3)27-26(22-8-6-7-12-29-22)31-28(36)33(27)23-16-20(34-4)9-10-24(23)35-5/h6-16,26-27H,1-5H3,(H,31,36). The van der Waals surface area contributed by atoms with E-state index in [2.05, 4.69) is 57.7 Å². The summed E-state index contributed by atoms with van der Waals surface area (Å²) in [6.45, 7) is 6.31. The van der Waals surface area contributed by atoms with Crippen molar-refractivity contribution in [2.45, 2.75) is 32.9 Å². The number of methoxy groups -OCH3 is 2. The Kier molecular flexibility index (Phi) is 6.36. The minimum Gasteiger partial charge on any atom is -0.497 e. The molecular formula is C28H29N5O2S. The summed E-state index contributed by atoms with van der Waals surface area (Å²) in [5, 5.41) is 4.13. The molecule has 0 radical (unpaired) electrons. The molecule has 36 heavy (non-hydrogen) atoms. The van der Waals surface area contributed by atoms with Gasteiger partial charge in [-0.2, -0.15) is 0 Å². The maximum absolute atomic E-state index is 5.93. The summed E-state index contributed by atoms with van der Waals surface area (Å²) in [6, 6.07) is 17.7. The topological polar surface area (TPSA) is 64.4 Å². The average Bonchev–Trinajstić information content (AvgIpc) is 3.38. The molecule has 2 unspecified atom stereocenters. The van der Waals surface area contributed by atoms with Gasteiger partial charge >= 0.3 is 0 Å². The summed E-state index contributed by atoms with van der Waals surface area (Å²) >= 11 is 5.93. The predicted octanol–water partition coefficient (Wildman–Crippen LogP) is 5.39. The fourth-order valence-corrected chi connectivity index (χ4v) is 5.34. The van der Waals surface area contributed by atoms with Crippen LogP contribution in [0.3, 0.4) is 0 Å². The minimum atomic E-state index is -0.182. The van der Waals surface area contributed by atoms with Crippen LogP contribution in [0.1, 0.15) is 40.3 Å². The molecule has 4 heterocycles. The van der Waals surface area contributed by atoms with Crippen molar-refractivity contribution in [3.63, 3.8) is 0 Å². The number of nitrogens with zero attached hydrogens (tertiary/aromatic N) is 4. The van der Waals surface area contributed by atoms with Crippen molar-refractivity contribution in [2.24, 2.45) is 0 Å². The van der Waals surface area contributed by atoms with Gasteiger partial charge in [0.05, 0.1) is 37.7 Å². The van der Waals surface area contributed by atoms with Crippen LogP contribution >= 0.6 is 12.2 Å². The van der Waals surface area contributed by atoms with Crippen molar-refractivity contribution in [1.29, 1.82) is 0 Å². The number of thiocarbonyl (C=S) groups is 1. The van der Waals surface area contributed by atoms with Crippen molar-refractivity contribution in [3.8, 4) is 17.3 Å². The monoisotopic (exact) mass is 499 g/mol. The first-order chi connectivity index (χ1) is 17.4. The number of pyridine rings is 2. The Hall–Kier alpha value is -3.91. The quantitative estimate of drug-likeness (QED) is 0.357. The maximum atomic E-state index is 5.93. The molecule has 7 nitrogen and oxygen atoms in total. The first-order valence-electron chi connectivity index (χ1n) is 11.8. The molecule has 0 amide bonds. The zero-order valence-electron chi connectivity index (χ0n) is 21.0. The van der Waals surface area contributed by atoms with E-state index in [9.17, 15) is 0 Å². The zero-order chi connectivity index (χ0) is 25.4. The van der Waals surface area contributed by atoms with Crippen molar-refractivity contribution < 1.29 is 9.47 Å². The van der Waals surface area contributed by atoms with E-state index in [4.69, 9.17) is 21.7 Å².